The molecule has 1 aromatic heterocycles. The highest BCUT2D eigenvalue weighted by Gasteiger charge is 2.17. The van der Waals surface area contributed by atoms with Gasteiger partial charge in [-0.15, -0.1) is 0 Å². The molecule has 0 aromatic carbocycles. The minimum atomic E-state index is 0.0971. The van der Waals surface area contributed by atoms with Gasteiger partial charge in [0, 0.05) is 12.6 Å². The second-order valence-corrected chi connectivity index (χ2v) is 5.04. The van der Waals surface area contributed by atoms with Gasteiger partial charge in [-0.05, 0) is 24.0 Å². The molecule has 0 aliphatic rings. The Balaban J connectivity index is 2.73. The molecule has 0 unspecified atom stereocenters. The quantitative estimate of drug-likeness (QED) is 0.733. The van der Waals surface area contributed by atoms with Crippen LogP contribution >= 0.6 is 0 Å². The first kappa shape index (κ1) is 12.7. The zero-order chi connectivity index (χ0) is 12.2. The van der Waals surface area contributed by atoms with E-state index < -0.39 is 0 Å². The van der Waals surface area contributed by atoms with Gasteiger partial charge in [0.15, 0.2) is 5.78 Å². The number of hydrogen-bond donors (Lipinski definition) is 0. The zero-order valence-electron chi connectivity index (χ0n) is 10.4. The van der Waals surface area contributed by atoms with Crippen molar-refractivity contribution in [3.8, 4) is 5.88 Å². The first-order valence-corrected chi connectivity index (χ1v) is 5.46. The molecule has 16 heavy (non-hydrogen) atoms. The minimum Gasteiger partial charge on any atom is -0.480 e. The van der Waals surface area contributed by atoms with Crippen LogP contribution in [0.4, 0.5) is 0 Å². The average Bonchev–Trinajstić information content (AvgIpc) is 2.25. The normalized spacial score (nSPS) is 11.2. The van der Waals surface area contributed by atoms with Crippen LogP contribution in [0, 0.1) is 5.41 Å². The van der Waals surface area contributed by atoms with Crippen LogP contribution in [-0.4, -0.2) is 17.9 Å². The highest BCUT2D eigenvalue weighted by Crippen LogP contribution is 2.24. The Labute approximate surface area is 96.8 Å². The molecule has 0 bridgehead atoms. The summed E-state index contributed by atoms with van der Waals surface area (Å²) in [5, 5.41) is 0. The molecule has 1 rings (SSSR count). The van der Waals surface area contributed by atoms with Crippen LogP contribution in [0.3, 0.4) is 0 Å². The number of rotatable bonds is 4. The first-order chi connectivity index (χ1) is 7.44. The highest BCUT2D eigenvalue weighted by molar-refractivity contribution is 5.98. The van der Waals surface area contributed by atoms with E-state index in [1.807, 2.05) is 0 Å². The van der Waals surface area contributed by atoms with Crippen molar-refractivity contribution in [2.45, 2.75) is 33.6 Å². The van der Waals surface area contributed by atoms with Gasteiger partial charge in [0.1, 0.15) is 0 Å². The fourth-order valence-electron chi connectivity index (χ4n) is 1.39. The van der Waals surface area contributed by atoms with Crippen LogP contribution in [0.15, 0.2) is 18.3 Å². The van der Waals surface area contributed by atoms with E-state index in [1.165, 1.54) is 7.11 Å². The number of ether oxygens (including phenoxy) is 1. The average molecular weight is 221 g/mol. The minimum absolute atomic E-state index is 0.0971. The van der Waals surface area contributed by atoms with Crippen molar-refractivity contribution in [1.82, 2.24) is 4.98 Å². The van der Waals surface area contributed by atoms with Crippen LogP contribution in [-0.2, 0) is 0 Å². The SMILES string of the molecule is COc1ncccc1C(=O)CCC(C)(C)C. The van der Waals surface area contributed by atoms with Gasteiger partial charge < -0.3 is 4.74 Å². The van der Waals surface area contributed by atoms with Crippen molar-refractivity contribution in [2.24, 2.45) is 5.41 Å². The van der Waals surface area contributed by atoms with Crippen molar-refractivity contribution < 1.29 is 9.53 Å². The third-order valence-electron chi connectivity index (χ3n) is 2.37. The van der Waals surface area contributed by atoms with Crippen LogP contribution in [0.1, 0.15) is 44.0 Å². The molecule has 0 saturated carbocycles. The summed E-state index contributed by atoms with van der Waals surface area (Å²) in [6, 6.07) is 3.52. The second-order valence-electron chi connectivity index (χ2n) is 5.04. The lowest BCUT2D eigenvalue weighted by Crippen LogP contribution is -2.10. The molecule has 1 heterocycles. The molecule has 0 radical (unpaired) electrons. The van der Waals surface area contributed by atoms with E-state index in [4.69, 9.17) is 4.74 Å². The summed E-state index contributed by atoms with van der Waals surface area (Å²) in [7, 11) is 1.53. The van der Waals surface area contributed by atoms with E-state index in [1.54, 1.807) is 18.3 Å². The summed E-state index contributed by atoms with van der Waals surface area (Å²) in [5.74, 6) is 0.515. The number of aromatic nitrogens is 1. The number of hydrogen-bond acceptors (Lipinski definition) is 3. The molecular formula is C13H19NO2. The lowest BCUT2D eigenvalue weighted by Gasteiger charge is -2.17. The molecule has 3 nitrogen and oxygen atoms in total. The third-order valence-corrected chi connectivity index (χ3v) is 2.37. The standard InChI is InChI=1S/C13H19NO2/c1-13(2,3)8-7-11(15)10-6-5-9-14-12(10)16-4/h5-6,9H,7-8H2,1-4H3. The maximum absolute atomic E-state index is 12.0. The van der Waals surface area contributed by atoms with E-state index in [2.05, 4.69) is 25.8 Å². The van der Waals surface area contributed by atoms with E-state index in [9.17, 15) is 4.79 Å². The van der Waals surface area contributed by atoms with E-state index in [0.29, 0.717) is 17.9 Å². The van der Waals surface area contributed by atoms with Gasteiger partial charge in [-0.25, -0.2) is 4.98 Å². The van der Waals surface area contributed by atoms with Gasteiger partial charge in [0.05, 0.1) is 12.7 Å². The smallest absolute Gasteiger partial charge is 0.224 e. The number of carbonyl (C=O) groups excluding carboxylic acids is 1. The topological polar surface area (TPSA) is 39.2 Å². The summed E-state index contributed by atoms with van der Waals surface area (Å²) in [6.07, 6.45) is 3.02. The van der Waals surface area contributed by atoms with Gasteiger partial charge in [0.2, 0.25) is 5.88 Å². The summed E-state index contributed by atoms with van der Waals surface area (Å²) in [5.41, 5.74) is 0.750. The molecule has 0 fully saturated rings. The number of methoxy groups -OCH3 is 1. The lowest BCUT2D eigenvalue weighted by molar-refractivity contribution is 0.0962. The van der Waals surface area contributed by atoms with Gasteiger partial charge in [0.25, 0.3) is 0 Å². The predicted molar refractivity (Wildman–Crippen MR) is 63.8 cm³/mol. The number of Topliss-reactive ketones (excluding diaryl/α,β-unsaturated/α-hetero) is 1. The fourth-order valence-corrected chi connectivity index (χ4v) is 1.39. The molecule has 3 heteroatoms. The van der Waals surface area contributed by atoms with E-state index >= 15 is 0 Å². The monoisotopic (exact) mass is 221 g/mol. The van der Waals surface area contributed by atoms with Crippen LogP contribution in [0.5, 0.6) is 5.88 Å². The third kappa shape index (κ3) is 3.65. The van der Waals surface area contributed by atoms with Crippen molar-refractivity contribution in [2.75, 3.05) is 7.11 Å². The Morgan fingerprint density at radius 3 is 2.69 bits per heavy atom. The Hall–Kier alpha value is -1.38. The molecule has 0 atom stereocenters. The summed E-state index contributed by atoms with van der Waals surface area (Å²) in [6.45, 7) is 6.38. The number of pyridine rings is 1. The summed E-state index contributed by atoms with van der Waals surface area (Å²) >= 11 is 0. The van der Waals surface area contributed by atoms with Gasteiger partial charge >= 0.3 is 0 Å². The maximum atomic E-state index is 12.0. The van der Waals surface area contributed by atoms with Crippen LogP contribution < -0.4 is 4.74 Å². The predicted octanol–water partition coefficient (Wildman–Crippen LogP) is 3.10. The van der Waals surface area contributed by atoms with Crippen molar-refractivity contribution in [3.05, 3.63) is 23.9 Å². The van der Waals surface area contributed by atoms with E-state index in [0.717, 1.165) is 6.42 Å². The Kier molecular flexibility index (Phi) is 4.05. The Morgan fingerprint density at radius 1 is 1.44 bits per heavy atom. The molecule has 0 N–H and O–H groups in total. The Morgan fingerprint density at radius 2 is 2.12 bits per heavy atom. The molecule has 1 aromatic rings. The zero-order valence-corrected chi connectivity index (χ0v) is 10.4. The summed E-state index contributed by atoms with van der Waals surface area (Å²) < 4.78 is 5.07. The van der Waals surface area contributed by atoms with Crippen molar-refractivity contribution in [3.63, 3.8) is 0 Å². The summed E-state index contributed by atoms with van der Waals surface area (Å²) in [4.78, 5) is 16.0. The molecule has 0 spiro atoms. The largest absolute Gasteiger partial charge is 0.480 e. The molecule has 0 aliphatic carbocycles. The van der Waals surface area contributed by atoms with Crippen molar-refractivity contribution in [1.29, 1.82) is 0 Å². The molecule has 0 amide bonds. The lowest BCUT2D eigenvalue weighted by atomic mass is 9.88. The first-order valence-electron chi connectivity index (χ1n) is 5.46. The van der Waals surface area contributed by atoms with Crippen LogP contribution in [0.2, 0.25) is 0 Å². The van der Waals surface area contributed by atoms with Crippen LogP contribution in [0.25, 0.3) is 0 Å². The fraction of sp³-hybridized carbons (Fsp3) is 0.538. The van der Waals surface area contributed by atoms with Gasteiger partial charge in [-0.1, -0.05) is 20.8 Å². The van der Waals surface area contributed by atoms with E-state index in [-0.39, 0.29) is 11.2 Å². The Bertz CT molecular complexity index is 366. The number of ketones is 1. The van der Waals surface area contributed by atoms with Gasteiger partial charge in [-0.3, -0.25) is 4.79 Å². The molecular weight excluding hydrogens is 202 g/mol. The van der Waals surface area contributed by atoms with Crippen molar-refractivity contribution >= 4 is 5.78 Å². The number of carbonyl (C=O) groups is 1. The maximum Gasteiger partial charge on any atom is 0.224 e. The number of nitrogens with zero attached hydrogens (tertiary/aromatic N) is 1. The molecule has 0 saturated heterocycles. The van der Waals surface area contributed by atoms with Gasteiger partial charge in [-0.2, -0.15) is 0 Å². The molecule has 0 aliphatic heterocycles. The molecule has 88 valence electrons. The second kappa shape index (κ2) is 5.10. The highest BCUT2D eigenvalue weighted by atomic mass is 16.5.